The van der Waals surface area contributed by atoms with E-state index in [4.69, 9.17) is 14.2 Å². The van der Waals surface area contributed by atoms with E-state index in [0.29, 0.717) is 24.4 Å². The second-order valence-electron chi connectivity index (χ2n) is 5.39. The highest BCUT2D eigenvalue weighted by atomic mass is 16.5. The summed E-state index contributed by atoms with van der Waals surface area (Å²) in [5, 5.41) is 9.69. The summed E-state index contributed by atoms with van der Waals surface area (Å²) in [5.74, 6) is -0.620. The van der Waals surface area contributed by atoms with E-state index in [9.17, 15) is 14.7 Å². The molecular formula is C18H21NO6. The van der Waals surface area contributed by atoms with Gasteiger partial charge in [-0.3, -0.25) is 4.79 Å². The molecule has 0 aliphatic carbocycles. The van der Waals surface area contributed by atoms with Crippen molar-refractivity contribution in [2.24, 2.45) is 0 Å². The molecular weight excluding hydrogens is 326 g/mol. The molecule has 0 saturated carbocycles. The number of amides is 1. The van der Waals surface area contributed by atoms with Crippen molar-refractivity contribution in [3.05, 3.63) is 40.6 Å². The van der Waals surface area contributed by atoms with Crippen molar-refractivity contribution >= 4 is 18.0 Å². The Hall–Kier alpha value is -2.80. The van der Waals surface area contributed by atoms with E-state index in [0.717, 1.165) is 0 Å². The number of carbonyl (C=O) groups excluding carboxylic acids is 2. The first-order valence-corrected chi connectivity index (χ1v) is 7.63. The first-order valence-electron chi connectivity index (χ1n) is 7.63. The third-order valence-electron chi connectivity index (χ3n) is 3.93. The van der Waals surface area contributed by atoms with Crippen LogP contribution in [0.2, 0.25) is 0 Å². The number of nitrogens with zero attached hydrogens (tertiary/aromatic N) is 1. The van der Waals surface area contributed by atoms with Crippen LogP contribution in [0.5, 0.6) is 11.5 Å². The van der Waals surface area contributed by atoms with Crippen LogP contribution in [-0.4, -0.2) is 56.4 Å². The standard InChI is InChI=1S/C18H21NO6/c1-11-16(18(22)25-4)13(17(21)19(11)7-8-23-2)9-12-5-6-14(20)15(10-12)24-3/h5-6,9-10,20H,7-8H2,1-4H3/b13-9-. The van der Waals surface area contributed by atoms with Gasteiger partial charge < -0.3 is 24.2 Å². The van der Waals surface area contributed by atoms with Gasteiger partial charge in [-0.2, -0.15) is 0 Å². The second kappa shape index (κ2) is 7.85. The predicted molar refractivity (Wildman–Crippen MR) is 90.9 cm³/mol. The highest BCUT2D eigenvalue weighted by Gasteiger charge is 2.36. The SMILES string of the molecule is COCCN1C(=O)/C(=C\c2ccc(O)c(OC)c2)C(C(=O)OC)=C1C. The first kappa shape index (κ1) is 18.5. The molecule has 1 aromatic carbocycles. The lowest BCUT2D eigenvalue weighted by atomic mass is 10.0. The van der Waals surface area contributed by atoms with Gasteiger partial charge in [0.05, 0.1) is 32.0 Å². The molecule has 0 radical (unpaired) electrons. The fourth-order valence-electron chi connectivity index (χ4n) is 2.63. The summed E-state index contributed by atoms with van der Waals surface area (Å²) in [6, 6.07) is 4.67. The lowest BCUT2D eigenvalue weighted by Gasteiger charge is -2.16. The largest absolute Gasteiger partial charge is 0.504 e. The fraction of sp³-hybridized carbons (Fsp3) is 0.333. The molecule has 7 heteroatoms. The fourth-order valence-corrected chi connectivity index (χ4v) is 2.63. The van der Waals surface area contributed by atoms with Crippen LogP contribution in [0.25, 0.3) is 6.08 Å². The van der Waals surface area contributed by atoms with Crippen molar-refractivity contribution in [1.29, 1.82) is 0 Å². The van der Waals surface area contributed by atoms with Gasteiger partial charge in [0, 0.05) is 19.4 Å². The molecule has 1 amide bonds. The number of allylic oxidation sites excluding steroid dienone is 1. The lowest BCUT2D eigenvalue weighted by Crippen LogP contribution is -2.28. The van der Waals surface area contributed by atoms with Crippen LogP contribution in [0.3, 0.4) is 0 Å². The number of phenolic OH excluding ortho intramolecular Hbond substituents is 1. The monoisotopic (exact) mass is 347 g/mol. The molecule has 0 unspecified atom stereocenters. The van der Waals surface area contributed by atoms with Crippen LogP contribution >= 0.6 is 0 Å². The lowest BCUT2D eigenvalue weighted by molar-refractivity contribution is -0.136. The highest BCUT2D eigenvalue weighted by Crippen LogP contribution is 2.33. The summed E-state index contributed by atoms with van der Waals surface area (Å²) < 4.78 is 14.9. The van der Waals surface area contributed by atoms with Crippen LogP contribution in [0.15, 0.2) is 35.0 Å². The molecule has 0 atom stereocenters. The quantitative estimate of drug-likeness (QED) is 0.623. The van der Waals surface area contributed by atoms with Gasteiger partial charge >= 0.3 is 5.97 Å². The Labute approximate surface area is 146 Å². The molecule has 1 aliphatic heterocycles. The molecule has 25 heavy (non-hydrogen) atoms. The van der Waals surface area contributed by atoms with Gasteiger partial charge in [0.15, 0.2) is 11.5 Å². The molecule has 7 nitrogen and oxygen atoms in total. The van der Waals surface area contributed by atoms with Crippen LogP contribution < -0.4 is 4.74 Å². The van der Waals surface area contributed by atoms with Gasteiger partial charge in [-0.25, -0.2) is 4.79 Å². The molecule has 0 aromatic heterocycles. The van der Waals surface area contributed by atoms with Gasteiger partial charge in [0.25, 0.3) is 5.91 Å². The Morgan fingerprint density at radius 1 is 1.28 bits per heavy atom. The molecule has 2 rings (SSSR count). The van der Waals surface area contributed by atoms with Gasteiger partial charge in [-0.05, 0) is 30.7 Å². The average Bonchev–Trinajstić information content (AvgIpc) is 2.84. The zero-order valence-corrected chi connectivity index (χ0v) is 14.7. The van der Waals surface area contributed by atoms with Crippen molar-refractivity contribution in [3.8, 4) is 11.5 Å². The maximum absolute atomic E-state index is 12.8. The molecule has 1 aromatic rings. The third-order valence-corrected chi connectivity index (χ3v) is 3.93. The van der Waals surface area contributed by atoms with E-state index in [1.807, 2.05) is 0 Å². The maximum atomic E-state index is 12.8. The Kier molecular flexibility index (Phi) is 5.82. The number of methoxy groups -OCH3 is 3. The van der Waals surface area contributed by atoms with Crippen LogP contribution in [0.1, 0.15) is 12.5 Å². The van der Waals surface area contributed by atoms with E-state index in [1.54, 1.807) is 32.2 Å². The maximum Gasteiger partial charge on any atom is 0.340 e. The molecule has 1 heterocycles. The minimum atomic E-state index is -0.581. The molecule has 0 fully saturated rings. The number of benzene rings is 1. The van der Waals surface area contributed by atoms with Crippen LogP contribution in [0.4, 0.5) is 0 Å². The Bertz CT molecular complexity index is 750. The minimum Gasteiger partial charge on any atom is -0.504 e. The molecule has 0 bridgehead atoms. The zero-order chi connectivity index (χ0) is 18.6. The van der Waals surface area contributed by atoms with Crippen molar-refractivity contribution in [2.45, 2.75) is 6.92 Å². The number of aromatic hydroxyl groups is 1. The summed E-state index contributed by atoms with van der Waals surface area (Å²) >= 11 is 0. The van der Waals surface area contributed by atoms with E-state index >= 15 is 0 Å². The van der Waals surface area contributed by atoms with Crippen molar-refractivity contribution < 1.29 is 28.9 Å². The summed E-state index contributed by atoms with van der Waals surface area (Å²) in [6.07, 6.45) is 1.58. The summed E-state index contributed by atoms with van der Waals surface area (Å²) in [6.45, 7) is 2.37. The number of phenols is 1. The minimum absolute atomic E-state index is 0.0102. The molecule has 0 spiro atoms. The molecule has 0 saturated heterocycles. The second-order valence-corrected chi connectivity index (χ2v) is 5.39. The smallest absolute Gasteiger partial charge is 0.340 e. The number of hydrogen-bond donors (Lipinski definition) is 1. The summed E-state index contributed by atoms with van der Waals surface area (Å²) in [7, 11) is 4.25. The van der Waals surface area contributed by atoms with E-state index < -0.39 is 5.97 Å². The molecule has 1 N–H and O–H groups in total. The van der Waals surface area contributed by atoms with E-state index in [2.05, 4.69) is 0 Å². The third kappa shape index (κ3) is 3.66. The Morgan fingerprint density at radius 2 is 2.00 bits per heavy atom. The number of rotatable bonds is 6. The summed E-state index contributed by atoms with van der Waals surface area (Å²) in [5.41, 5.74) is 1.58. The van der Waals surface area contributed by atoms with Crippen LogP contribution in [-0.2, 0) is 19.1 Å². The van der Waals surface area contributed by atoms with E-state index in [-0.39, 0.29) is 28.6 Å². The average molecular weight is 347 g/mol. The van der Waals surface area contributed by atoms with Crippen molar-refractivity contribution in [2.75, 3.05) is 34.5 Å². The summed E-state index contributed by atoms with van der Waals surface area (Å²) in [4.78, 5) is 26.4. The normalized spacial score (nSPS) is 15.9. The van der Waals surface area contributed by atoms with E-state index in [1.165, 1.54) is 25.2 Å². The number of ether oxygens (including phenoxy) is 3. The van der Waals surface area contributed by atoms with Crippen LogP contribution in [0, 0.1) is 0 Å². The first-order chi connectivity index (χ1) is 11.9. The molecule has 134 valence electrons. The topological polar surface area (TPSA) is 85.3 Å². The van der Waals surface area contributed by atoms with Crippen molar-refractivity contribution in [3.63, 3.8) is 0 Å². The Balaban J connectivity index is 2.50. The Morgan fingerprint density at radius 3 is 2.60 bits per heavy atom. The molecule has 1 aliphatic rings. The van der Waals surface area contributed by atoms with Gasteiger partial charge in [-0.15, -0.1) is 0 Å². The van der Waals surface area contributed by atoms with Gasteiger partial charge in [-0.1, -0.05) is 6.07 Å². The van der Waals surface area contributed by atoms with Gasteiger partial charge in [0.1, 0.15) is 0 Å². The van der Waals surface area contributed by atoms with Crippen molar-refractivity contribution in [1.82, 2.24) is 4.90 Å². The highest BCUT2D eigenvalue weighted by molar-refractivity contribution is 6.16. The number of esters is 1. The number of carbonyl (C=O) groups is 2. The number of hydrogen-bond acceptors (Lipinski definition) is 6. The zero-order valence-electron chi connectivity index (χ0n) is 14.7. The predicted octanol–water partition coefficient (Wildman–Crippen LogP) is 1.72. The van der Waals surface area contributed by atoms with Gasteiger partial charge in [0.2, 0.25) is 0 Å².